The summed E-state index contributed by atoms with van der Waals surface area (Å²) >= 11 is 5.77. The Labute approximate surface area is 119 Å². The number of piperidine rings is 1. The molecular weight excluding hydrogens is 263 g/mol. The van der Waals surface area contributed by atoms with Gasteiger partial charge in [0.15, 0.2) is 0 Å². The van der Waals surface area contributed by atoms with Gasteiger partial charge >= 0.3 is 0 Å². The van der Waals surface area contributed by atoms with Crippen LogP contribution < -0.4 is 5.73 Å². The van der Waals surface area contributed by atoms with Crippen LogP contribution in [0.1, 0.15) is 37.8 Å². The van der Waals surface area contributed by atoms with Crippen molar-refractivity contribution in [2.75, 3.05) is 19.6 Å². The molecule has 19 heavy (non-hydrogen) atoms. The van der Waals surface area contributed by atoms with E-state index < -0.39 is 0 Å². The number of nitrogens with zero attached hydrogens (tertiary/aromatic N) is 1. The molecule has 2 nitrogen and oxygen atoms in total. The molecule has 1 saturated heterocycles. The fourth-order valence-electron chi connectivity index (χ4n) is 3.12. The quantitative estimate of drug-likeness (QED) is 0.915. The van der Waals surface area contributed by atoms with Gasteiger partial charge in [-0.25, -0.2) is 4.39 Å². The maximum Gasteiger partial charge on any atom is 0.142 e. The second-order valence-electron chi connectivity index (χ2n) is 5.29. The zero-order valence-corrected chi connectivity index (χ0v) is 12.2. The SMILES string of the molecule is CCCN1CCCC(CN)C1c1ccc(Cl)c(F)c1. The molecule has 2 rings (SSSR count). The first-order valence-electron chi connectivity index (χ1n) is 7.06. The number of hydrogen-bond acceptors (Lipinski definition) is 2. The average molecular weight is 285 g/mol. The third-order valence-electron chi connectivity index (χ3n) is 3.96. The molecule has 1 aromatic rings. The molecule has 0 spiro atoms. The van der Waals surface area contributed by atoms with Crippen molar-refractivity contribution in [3.8, 4) is 0 Å². The van der Waals surface area contributed by atoms with E-state index >= 15 is 0 Å². The molecule has 4 heteroatoms. The number of benzene rings is 1. The van der Waals surface area contributed by atoms with Gasteiger partial charge in [-0.3, -0.25) is 4.90 Å². The summed E-state index contributed by atoms with van der Waals surface area (Å²) in [5.74, 6) is 0.0674. The zero-order chi connectivity index (χ0) is 13.8. The second kappa shape index (κ2) is 6.69. The summed E-state index contributed by atoms with van der Waals surface area (Å²) in [6.45, 7) is 4.92. The average Bonchev–Trinajstić information content (AvgIpc) is 2.42. The van der Waals surface area contributed by atoms with Gasteiger partial charge in [0, 0.05) is 6.04 Å². The normalized spacial score (nSPS) is 24.6. The Morgan fingerprint density at radius 1 is 1.47 bits per heavy atom. The Bertz CT molecular complexity index is 423. The molecule has 1 fully saturated rings. The highest BCUT2D eigenvalue weighted by Crippen LogP contribution is 2.36. The lowest BCUT2D eigenvalue weighted by atomic mass is 9.84. The summed E-state index contributed by atoms with van der Waals surface area (Å²) < 4.78 is 13.7. The third kappa shape index (κ3) is 3.28. The van der Waals surface area contributed by atoms with Crippen LogP contribution in [0.5, 0.6) is 0 Å². The van der Waals surface area contributed by atoms with Crippen LogP contribution in [0.2, 0.25) is 5.02 Å². The van der Waals surface area contributed by atoms with Crippen molar-refractivity contribution in [1.82, 2.24) is 4.90 Å². The number of halogens is 2. The Morgan fingerprint density at radius 3 is 2.89 bits per heavy atom. The van der Waals surface area contributed by atoms with Crippen molar-refractivity contribution in [3.05, 3.63) is 34.6 Å². The smallest absolute Gasteiger partial charge is 0.142 e. The predicted molar refractivity (Wildman–Crippen MR) is 77.8 cm³/mol. The highest BCUT2D eigenvalue weighted by molar-refractivity contribution is 6.30. The van der Waals surface area contributed by atoms with Gasteiger partial charge in [-0.15, -0.1) is 0 Å². The molecule has 0 amide bonds. The molecule has 1 heterocycles. The molecule has 2 N–H and O–H groups in total. The molecule has 1 aromatic carbocycles. The highest BCUT2D eigenvalue weighted by Gasteiger charge is 2.31. The van der Waals surface area contributed by atoms with Crippen molar-refractivity contribution in [2.45, 2.75) is 32.2 Å². The van der Waals surface area contributed by atoms with Gasteiger partial charge in [-0.2, -0.15) is 0 Å². The Hall–Kier alpha value is -0.640. The largest absolute Gasteiger partial charge is 0.330 e. The van der Waals surface area contributed by atoms with E-state index in [0.29, 0.717) is 12.5 Å². The standard InChI is InChI=1S/C15H22ClFN2/c1-2-7-19-8-3-4-12(10-18)15(19)11-5-6-13(16)14(17)9-11/h5-6,9,12,15H,2-4,7-8,10,18H2,1H3. The van der Waals surface area contributed by atoms with Crippen molar-refractivity contribution in [2.24, 2.45) is 11.7 Å². The minimum absolute atomic E-state index is 0.186. The number of nitrogens with two attached hydrogens (primary N) is 1. The first-order valence-corrected chi connectivity index (χ1v) is 7.44. The van der Waals surface area contributed by atoms with Gasteiger partial charge in [0.1, 0.15) is 5.82 Å². The monoisotopic (exact) mass is 284 g/mol. The Morgan fingerprint density at radius 2 is 2.26 bits per heavy atom. The molecule has 2 atom stereocenters. The van der Waals surface area contributed by atoms with E-state index in [1.54, 1.807) is 12.1 Å². The van der Waals surface area contributed by atoms with Crippen molar-refractivity contribution in [3.63, 3.8) is 0 Å². The van der Waals surface area contributed by atoms with Crippen molar-refractivity contribution >= 4 is 11.6 Å². The summed E-state index contributed by atoms with van der Waals surface area (Å²) in [4.78, 5) is 2.43. The molecule has 1 aliphatic rings. The first kappa shape index (κ1) is 14.8. The van der Waals surface area contributed by atoms with Crippen molar-refractivity contribution in [1.29, 1.82) is 0 Å². The van der Waals surface area contributed by atoms with E-state index in [0.717, 1.165) is 31.5 Å². The molecule has 0 radical (unpaired) electrons. The number of likely N-dealkylation sites (tertiary alicyclic amines) is 1. The molecule has 0 aromatic heterocycles. The summed E-state index contributed by atoms with van der Waals surface area (Å²) in [6.07, 6.45) is 3.39. The second-order valence-corrected chi connectivity index (χ2v) is 5.70. The molecule has 1 aliphatic heterocycles. The molecule has 2 unspecified atom stereocenters. The van der Waals surface area contributed by atoms with Crippen LogP contribution in [0.4, 0.5) is 4.39 Å². The molecular formula is C15H22ClFN2. The van der Waals surface area contributed by atoms with Crippen LogP contribution in [-0.4, -0.2) is 24.5 Å². The van der Waals surface area contributed by atoms with Gasteiger partial charge in [0.05, 0.1) is 5.02 Å². The number of hydrogen-bond donors (Lipinski definition) is 1. The zero-order valence-electron chi connectivity index (χ0n) is 11.4. The first-order chi connectivity index (χ1) is 9.17. The summed E-state index contributed by atoms with van der Waals surface area (Å²) in [5, 5.41) is 0.186. The van der Waals surface area contributed by atoms with Gasteiger partial charge in [0.2, 0.25) is 0 Å². The minimum atomic E-state index is -0.336. The predicted octanol–water partition coefficient (Wildman–Crippen LogP) is 3.60. The minimum Gasteiger partial charge on any atom is -0.330 e. The summed E-state index contributed by atoms with van der Waals surface area (Å²) in [5.41, 5.74) is 6.92. The fraction of sp³-hybridized carbons (Fsp3) is 0.600. The Balaban J connectivity index is 2.30. The van der Waals surface area contributed by atoms with Crippen molar-refractivity contribution < 1.29 is 4.39 Å². The van der Waals surface area contributed by atoms with Crippen LogP contribution in [0.15, 0.2) is 18.2 Å². The fourth-order valence-corrected chi connectivity index (χ4v) is 3.23. The summed E-state index contributed by atoms with van der Waals surface area (Å²) in [7, 11) is 0. The van der Waals surface area contributed by atoms with Crippen LogP contribution in [-0.2, 0) is 0 Å². The lowest BCUT2D eigenvalue weighted by molar-refractivity contribution is 0.0958. The maximum atomic E-state index is 13.7. The molecule has 0 saturated carbocycles. The van der Waals surface area contributed by atoms with E-state index in [9.17, 15) is 4.39 Å². The maximum absolute atomic E-state index is 13.7. The topological polar surface area (TPSA) is 29.3 Å². The van der Waals surface area contributed by atoms with E-state index in [1.807, 2.05) is 6.07 Å². The third-order valence-corrected chi connectivity index (χ3v) is 4.27. The highest BCUT2D eigenvalue weighted by atomic mass is 35.5. The van der Waals surface area contributed by atoms with Crippen LogP contribution in [0.3, 0.4) is 0 Å². The lowest BCUT2D eigenvalue weighted by Gasteiger charge is -2.41. The van der Waals surface area contributed by atoms with Gasteiger partial charge in [0.25, 0.3) is 0 Å². The van der Waals surface area contributed by atoms with Crippen LogP contribution >= 0.6 is 11.6 Å². The van der Waals surface area contributed by atoms with Crippen LogP contribution in [0.25, 0.3) is 0 Å². The summed E-state index contributed by atoms with van der Waals surface area (Å²) in [6, 6.07) is 5.39. The van der Waals surface area contributed by atoms with E-state index in [1.165, 1.54) is 6.42 Å². The van der Waals surface area contributed by atoms with Gasteiger partial charge < -0.3 is 5.73 Å². The molecule has 106 valence electrons. The lowest BCUT2D eigenvalue weighted by Crippen LogP contribution is -2.42. The van der Waals surface area contributed by atoms with E-state index in [-0.39, 0.29) is 16.9 Å². The molecule has 0 aliphatic carbocycles. The molecule has 0 bridgehead atoms. The van der Waals surface area contributed by atoms with E-state index in [4.69, 9.17) is 17.3 Å². The van der Waals surface area contributed by atoms with Gasteiger partial charge in [-0.05, 0) is 62.5 Å². The number of rotatable bonds is 4. The van der Waals surface area contributed by atoms with Gasteiger partial charge in [-0.1, -0.05) is 24.6 Å². The van der Waals surface area contributed by atoms with E-state index in [2.05, 4.69) is 11.8 Å². The van der Waals surface area contributed by atoms with Crippen LogP contribution in [0, 0.1) is 11.7 Å². The Kier molecular flexibility index (Phi) is 5.20.